The van der Waals surface area contributed by atoms with Crippen molar-refractivity contribution in [3.05, 3.63) is 22.6 Å². The Morgan fingerprint density at radius 2 is 2.43 bits per heavy atom. The lowest BCUT2D eigenvalue weighted by atomic mass is 10.2. The minimum atomic E-state index is -0.215. The quantitative estimate of drug-likeness (QED) is 0.862. The van der Waals surface area contributed by atoms with E-state index < -0.39 is 0 Å². The molecule has 1 aromatic heterocycles. The van der Waals surface area contributed by atoms with Crippen molar-refractivity contribution in [1.82, 2.24) is 5.32 Å². The van der Waals surface area contributed by atoms with Gasteiger partial charge in [0.1, 0.15) is 0 Å². The molecule has 0 saturated heterocycles. The van der Waals surface area contributed by atoms with Crippen LogP contribution in [0.2, 0.25) is 0 Å². The fourth-order valence-electron chi connectivity index (χ4n) is 0.845. The van der Waals surface area contributed by atoms with Crippen molar-refractivity contribution < 1.29 is 9.21 Å². The monoisotopic (exact) mass is 279 g/mol. The van der Waals surface area contributed by atoms with E-state index in [4.69, 9.17) is 16.0 Å². The summed E-state index contributed by atoms with van der Waals surface area (Å²) in [5, 5.41) is 2.72. The number of amides is 1. The maximum atomic E-state index is 11.4. The molecular weight excluding hydrogens is 269 g/mol. The molecule has 0 spiro atoms. The number of furan rings is 1. The van der Waals surface area contributed by atoms with Gasteiger partial charge in [0.05, 0.1) is 0 Å². The van der Waals surface area contributed by atoms with E-state index in [9.17, 15) is 4.79 Å². The van der Waals surface area contributed by atoms with Crippen LogP contribution in [0.15, 0.2) is 21.2 Å². The van der Waals surface area contributed by atoms with E-state index in [2.05, 4.69) is 21.2 Å². The Kier molecular flexibility index (Phi) is 4.48. The number of hydrogen-bond acceptors (Lipinski definition) is 2. The highest BCUT2D eigenvalue weighted by Gasteiger charge is 2.10. The first kappa shape index (κ1) is 11.6. The van der Waals surface area contributed by atoms with Gasteiger partial charge >= 0.3 is 0 Å². The fraction of sp³-hybridized carbons (Fsp3) is 0.444. The molecule has 0 aromatic carbocycles. The number of carbonyl (C=O) groups is 1. The minimum Gasteiger partial charge on any atom is -0.444 e. The van der Waals surface area contributed by atoms with Gasteiger partial charge in [-0.2, -0.15) is 0 Å². The first-order chi connectivity index (χ1) is 6.63. The van der Waals surface area contributed by atoms with Crippen LogP contribution >= 0.6 is 27.5 Å². The molecule has 1 heterocycles. The second-order valence-corrected chi connectivity index (χ2v) is 4.16. The Bertz CT molecular complexity index is 314. The minimum absolute atomic E-state index is 0.215. The molecule has 14 heavy (non-hydrogen) atoms. The van der Waals surface area contributed by atoms with Crippen molar-refractivity contribution in [1.29, 1.82) is 0 Å². The van der Waals surface area contributed by atoms with E-state index in [0.717, 1.165) is 0 Å². The smallest absolute Gasteiger partial charge is 0.287 e. The maximum absolute atomic E-state index is 11.4. The van der Waals surface area contributed by atoms with Crippen LogP contribution in [0.25, 0.3) is 0 Å². The van der Waals surface area contributed by atoms with Crippen LogP contribution in [-0.2, 0) is 0 Å². The molecular formula is C9H11BrClNO2. The van der Waals surface area contributed by atoms with Crippen molar-refractivity contribution in [3.63, 3.8) is 0 Å². The second kappa shape index (κ2) is 5.41. The van der Waals surface area contributed by atoms with Crippen LogP contribution in [0.4, 0.5) is 0 Å². The Labute approximate surface area is 95.9 Å². The third-order valence-electron chi connectivity index (χ3n) is 1.67. The van der Waals surface area contributed by atoms with Crippen LogP contribution in [0, 0.1) is 5.92 Å². The maximum Gasteiger partial charge on any atom is 0.287 e. The molecule has 1 atom stereocenters. The summed E-state index contributed by atoms with van der Waals surface area (Å²) in [5.74, 6) is 0.882. The average molecular weight is 281 g/mol. The number of rotatable bonds is 4. The molecule has 5 heteroatoms. The Hall–Kier alpha value is -0.480. The number of halogens is 2. The number of nitrogens with one attached hydrogen (secondary N) is 1. The Morgan fingerprint density at radius 1 is 1.71 bits per heavy atom. The number of carbonyl (C=O) groups excluding carboxylic acids is 1. The van der Waals surface area contributed by atoms with Crippen molar-refractivity contribution in [2.75, 3.05) is 12.4 Å². The lowest BCUT2D eigenvalue weighted by Gasteiger charge is -2.07. The van der Waals surface area contributed by atoms with E-state index in [1.54, 1.807) is 12.1 Å². The van der Waals surface area contributed by atoms with Crippen molar-refractivity contribution in [2.45, 2.75) is 6.92 Å². The van der Waals surface area contributed by atoms with Gasteiger partial charge < -0.3 is 9.73 Å². The van der Waals surface area contributed by atoms with Gasteiger partial charge in [-0.3, -0.25) is 4.79 Å². The predicted octanol–water partition coefficient (Wildman–Crippen LogP) is 2.65. The summed E-state index contributed by atoms with van der Waals surface area (Å²) in [7, 11) is 0. The molecule has 78 valence electrons. The highest BCUT2D eigenvalue weighted by Crippen LogP contribution is 2.13. The van der Waals surface area contributed by atoms with Gasteiger partial charge in [0.25, 0.3) is 5.91 Å². The molecule has 0 fully saturated rings. The van der Waals surface area contributed by atoms with Gasteiger partial charge in [-0.05, 0) is 34.0 Å². The van der Waals surface area contributed by atoms with E-state index in [1.807, 2.05) is 6.92 Å². The van der Waals surface area contributed by atoms with Crippen LogP contribution in [0.3, 0.4) is 0 Å². The molecule has 0 bridgehead atoms. The summed E-state index contributed by atoms with van der Waals surface area (Å²) in [5.41, 5.74) is 0. The second-order valence-electron chi connectivity index (χ2n) is 3.07. The van der Waals surface area contributed by atoms with Crippen LogP contribution in [0.1, 0.15) is 17.5 Å². The SMILES string of the molecule is CC(CCl)CNC(=O)c1ccc(Br)o1. The normalized spacial score (nSPS) is 12.5. The molecule has 0 saturated carbocycles. The largest absolute Gasteiger partial charge is 0.444 e. The highest BCUT2D eigenvalue weighted by molar-refractivity contribution is 9.10. The summed E-state index contributed by atoms with van der Waals surface area (Å²) in [4.78, 5) is 11.4. The van der Waals surface area contributed by atoms with E-state index in [-0.39, 0.29) is 11.8 Å². The molecule has 1 aromatic rings. The first-order valence-electron chi connectivity index (χ1n) is 4.23. The van der Waals surface area contributed by atoms with Gasteiger partial charge in [-0.15, -0.1) is 11.6 Å². The summed E-state index contributed by atoms with van der Waals surface area (Å²) < 4.78 is 5.63. The Morgan fingerprint density at radius 3 is 2.93 bits per heavy atom. The molecule has 3 nitrogen and oxygen atoms in total. The van der Waals surface area contributed by atoms with E-state index in [0.29, 0.717) is 22.9 Å². The van der Waals surface area contributed by atoms with Gasteiger partial charge in [0.15, 0.2) is 10.4 Å². The van der Waals surface area contributed by atoms with E-state index in [1.165, 1.54) is 0 Å². The van der Waals surface area contributed by atoms with Crippen LogP contribution < -0.4 is 5.32 Å². The number of alkyl halides is 1. The van der Waals surface area contributed by atoms with Crippen LogP contribution in [-0.4, -0.2) is 18.3 Å². The Balaban J connectivity index is 2.43. The molecule has 0 aliphatic heterocycles. The third-order valence-corrected chi connectivity index (χ3v) is 2.62. The molecule has 1 amide bonds. The fourth-order valence-corrected chi connectivity index (χ4v) is 1.26. The topological polar surface area (TPSA) is 42.2 Å². The average Bonchev–Trinajstić information content (AvgIpc) is 2.60. The summed E-state index contributed by atoms with van der Waals surface area (Å²) in [6.07, 6.45) is 0. The summed E-state index contributed by atoms with van der Waals surface area (Å²) in [6, 6.07) is 3.30. The van der Waals surface area contributed by atoms with Gasteiger partial charge in [-0.1, -0.05) is 6.92 Å². The lowest BCUT2D eigenvalue weighted by Crippen LogP contribution is -2.28. The molecule has 0 aliphatic rings. The third kappa shape index (κ3) is 3.35. The molecule has 1 N–H and O–H groups in total. The van der Waals surface area contributed by atoms with Crippen molar-refractivity contribution in [3.8, 4) is 0 Å². The van der Waals surface area contributed by atoms with Crippen LogP contribution in [0.5, 0.6) is 0 Å². The summed E-state index contributed by atoms with van der Waals surface area (Å²) in [6.45, 7) is 2.52. The molecule has 1 rings (SSSR count). The highest BCUT2D eigenvalue weighted by atomic mass is 79.9. The predicted molar refractivity (Wildman–Crippen MR) is 58.6 cm³/mol. The van der Waals surface area contributed by atoms with Gasteiger partial charge in [-0.25, -0.2) is 0 Å². The first-order valence-corrected chi connectivity index (χ1v) is 5.55. The van der Waals surface area contributed by atoms with E-state index >= 15 is 0 Å². The molecule has 1 unspecified atom stereocenters. The molecule has 0 radical (unpaired) electrons. The van der Waals surface area contributed by atoms with Crippen molar-refractivity contribution >= 4 is 33.4 Å². The zero-order valence-electron chi connectivity index (χ0n) is 7.72. The zero-order chi connectivity index (χ0) is 10.6. The lowest BCUT2D eigenvalue weighted by molar-refractivity contribution is 0.0920. The molecule has 0 aliphatic carbocycles. The van der Waals surface area contributed by atoms with Crippen molar-refractivity contribution in [2.24, 2.45) is 5.92 Å². The van der Waals surface area contributed by atoms with Gasteiger partial charge in [0, 0.05) is 12.4 Å². The number of hydrogen-bond donors (Lipinski definition) is 1. The van der Waals surface area contributed by atoms with Gasteiger partial charge in [0.2, 0.25) is 0 Å². The summed E-state index contributed by atoms with van der Waals surface area (Å²) >= 11 is 8.73. The standard InChI is InChI=1S/C9H11BrClNO2/c1-6(4-11)5-12-9(13)7-2-3-8(10)14-7/h2-3,6H,4-5H2,1H3,(H,12,13). The zero-order valence-corrected chi connectivity index (χ0v) is 10.1.